The van der Waals surface area contributed by atoms with Crippen molar-refractivity contribution in [2.75, 3.05) is 19.6 Å². The van der Waals surface area contributed by atoms with E-state index < -0.39 is 0 Å². The van der Waals surface area contributed by atoms with Gasteiger partial charge in [-0.15, -0.1) is 0 Å². The van der Waals surface area contributed by atoms with Crippen molar-refractivity contribution in [3.8, 4) is 0 Å². The molecule has 2 N–H and O–H groups in total. The Morgan fingerprint density at radius 1 is 1.38 bits per heavy atom. The van der Waals surface area contributed by atoms with Crippen LogP contribution >= 0.6 is 15.9 Å². The summed E-state index contributed by atoms with van der Waals surface area (Å²) in [6.45, 7) is 6.40. The largest absolute Gasteiger partial charge is 0.351 e. The molecule has 1 rings (SSSR count). The molecule has 0 bridgehead atoms. The van der Waals surface area contributed by atoms with Gasteiger partial charge in [0.1, 0.15) is 0 Å². The van der Waals surface area contributed by atoms with Crippen LogP contribution in [0.1, 0.15) is 22.8 Å². The van der Waals surface area contributed by atoms with Crippen molar-refractivity contribution in [1.82, 2.24) is 10.6 Å². The Morgan fingerprint density at radius 3 is 2.75 bits per heavy atom. The highest BCUT2D eigenvalue weighted by atomic mass is 79.9. The SMILES string of the molecule is CCNCCNC(=O)c1ccc(Br)c(C)c1. The van der Waals surface area contributed by atoms with Gasteiger partial charge in [-0.25, -0.2) is 0 Å². The molecule has 3 nitrogen and oxygen atoms in total. The first-order valence-corrected chi connectivity index (χ1v) is 6.19. The molecule has 16 heavy (non-hydrogen) atoms. The second-order valence-electron chi connectivity index (χ2n) is 3.57. The molecule has 0 heterocycles. The van der Waals surface area contributed by atoms with Gasteiger partial charge in [-0.2, -0.15) is 0 Å². The maximum Gasteiger partial charge on any atom is 0.251 e. The zero-order chi connectivity index (χ0) is 12.0. The van der Waals surface area contributed by atoms with Crippen molar-refractivity contribution in [1.29, 1.82) is 0 Å². The van der Waals surface area contributed by atoms with E-state index in [9.17, 15) is 4.79 Å². The molecule has 1 aromatic rings. The fourth-order valence-electron chi connectivity index (χ4n) is 1.33. The number of rotatable bonds is 5. The molecule has 0 atom stereocenters. The lowest BCUT2D eigenvalue weighted by Crippen LogP contribution is -2.31. The normalized spacial score (nSPS) is 10.2. The van der Waals surface area contributed by atoms with Crippen LogP contribution in [-0.4, -0.2) is 25.5 Å². The van der Waals surface area contributed by atoms with Gasteiger partial charge < -0.3 is 10.6 Å². The lowest BCUT2D eigenvalue weighted by molar-refractivity contribution is 0.0954. The second-order valence-corrected chi connectivity index (χ2v) is 4.43. The van der Waals surface area contributed by atoms with E-state index in [2.05, 4.69) is 26.6 Å². The Bertz CT molecular complexity index is 366. The summed E-state index contributed by atoms with van der Waals surface area (Å²) in [5, 5.41) is 6.02. The molecule has 0 unspecified atom stereocenters. The number of hydrogen-bond donors (Lipinski definition) is 2. The predicted molar refractivity (Wildman–Crippen MR) is 69.8 cm³/mol. The van der Waals surface area contributed by atoms with Gasteiger partial charge in [-0.3, -0.25) is 4.79 Å². The summed E-state index contributed by atoms with van der Waals surface area (Å²) in [7, 11) is 0. The van der Waals surface area contributed by atoms with E-state index in [0.717, 1.165) is 23.1 Å². The van der Waals surface area contributed by atoms with Crippen LogP contribution < -0.4 is 10.6 Å². The second kappa shape index (κ2) is 6.66. The Kier molecular flexibility index (Phi) is 5.49. The van der Waals surface area contributed by atoms with Crippen LogP contribution in [-0.2, 0) is 0 Å². The topological polar surface area (TPSA) is 41.1 Å². The zero-order valence-electron chi connectivity index (χ0n) is 9.64. The van der Waals surface area contributed by atoms with Crippen molar-refractivity contribution < 1.29 is 4.79 Å². The highest BCUT2D eigenvalue weighted by Gasteiger charge is 2.05. The Hall–Kier alpha value is -0.870. The number of carbonyl (C=O) groups is 1. The van der Waals surface area contributed by atoms with Crippen LogP contribution in [0.5, 0.6) is 0 Å². The fraction of sp³-hybridized carbons (Fsp3) is 0.417. The van der Waals surface area contributed by atoms with Gasteiger partial charge in [0.15, 0.2) is 0 Å². The van der Waals surface area contributed by atoms with E-state index in [1.54, 1.807) is 0 Å². The van der Waals surface area contributed by atoms with Gasteiger partial charge in [0.2, 0.25) is 0 Å². The molecule has 0 aliphatic carbocycles. The van der Waals surface area contributed by atoms with Gasteiger partial charge in [0.05, 0.1) is 0 Å². The third kappa shape index (κ3) is 3.94. The standard InChI is InChI=1S/C12H17BrN2O/c1-3-14-6-7-15-12(16)10-4-5-11(13)9(2)8-10/h4-5,8,14H,3,6-7H2,1-2H3,(H,15,16). The molecular weight excluding hydrogens is 268 g/mol. The van der Waals surface area contributed by atoms with Gasteiger partial charge in [-0.1, -0.05) is 22.9 Å². The van der Waals surface area contributed by atoms with Crippen molar-refractivity contribution >= 4 is 21.8 Å². The van der Waals surface area contributed by atoms with E-state index in [1.807, 2.05) is 32.0 Å². The van der Waals surface area contributed by atoms with Crippen molar-refractivity contribution in [2.45, 2.75) is 13.8 Å². The zero-order valence-corrected chi connectivity index (χ0v) is 11.2. The lowest BCUT2D eigenvalue weighted by Gasteiger charge is -2.06. The number of likely N-dealkylation sites (N-methyl/N-ethyl adjacent to an activating group) is 1. The minimum Gasteiger partial charge on any atom is -0.351 e. The first kappa shape index (κ1) is 13.2. The smallest absolute Gasteiger partial charge is 0.251 e. The molecule has 0 fully saturated rings. The summed E-state index contributed by atoms with van der Waals surface area (Å²) in [4.78, 5) is 11.7. The molecule has 0 aromatic heterocycles. The van der Waals surface area contributed by atoms with Crippen LogP contribution in [0, 0.1) is 6.92 Å². The van der Waals surface area contributed by atoms with Crippen LogP contribution in [0.15, 0.2) is 22.7 Å². The quantitative estimate of drug-likeness (QED) is 0.813. The van der Waals surface area contributed by atoms with E-state index >= 15 is 0 Å². The molecule has 0 saturated carbocycles. The number of aryl methyl sites for hydroxylation is 1. The van der Waals surface area contributed by atoms with E-state index in [4.69, 9.17) is 0 Å². The minimum atomic E-state index is -0.0199. The van der Waals surface area contributed by atoms with Gasteiger partial charge in [0, 0.05) is 23.1 Å². The number of carbonyl (C=O) groups excluding carboxylic acids is 1. The molecule has 1 amide bonds. The van der Waals surface area contributed by atoms with Crippen LogP contribution in [0.4, 0.5) is 0 Å². The third-order valence-electron chi connectivity index (χ3n) is 2.26. The Balaban J connectivity index is 2.50. The first-order valence-electron chi connectivity index (χ1n) is 5.40. The number of nitrogens with one attached hydrogen (secondary N) is 2. The van der Waals surface area contributed by atoms with Crippen molar-refractivity contribution in [3.63, 3.8) is 0 Å². The summed E-state index contributed by atoms with van der Waals surface area (Å²) >= 11 is 3.41. The van der Waals surface area contributed by atoms with Crippen LogP contribution in [0.3, 0.4) is 0 Å². The average molecular weight is 285 g/mol. The van der Waals surface area contributed by atoms with Gasteiger partial charge in [0.25, 0.3) is 5.91 Å². The van der Waals surface area contributed by atoms with E-state index in [0.29, 0.717) is 12.1 Å². The van der Waals surface area contributed by atoms with Gasteiger partial charge in [-0.05, 0) is 37.2 Å². The molecule has 0 aliphatic heterocycles. The summed E-state index contributed by atoms with van der Waals surface area (Å²) in [5.41, 5.74) is 1.77. The van der Waals surface area contributed by atoms with Gasteiger partial charge >= 0.3 is 0 Å². The number of halogens is 1. The van der Waals surface area contributed by atoms with Crippen LogP contribution in [0.25, 0.3) is 0 Å². The van der Waals surface area contributed by atoms with Crippen molar-refractivity contribution in [3.05, 3.63) is 33.8 Å². The Labute approximate surface area is 105 Å². The lowest BCUT2D eigenvalue weighted by atomic mass is 10.1. The summed E-state index contributed by atoms with van der Waals surface area (Å²) in [5.74, 6) is -0.0199. The summed E-state index contributed by atoms with van der Waals surface area (Å²) < 4.78 is 1.02. The number of amides is 1. The molecular formula is C12H17BrN2O. The van der Waals surface area contributed by atoms with Crippen LogP contribution in [0.2, 0.25) is 0 Å². The molecule has 0 radical (unpaired) electrons. The Morgan fingerprint density at radius 2 is 2.12 bits per heavy atom. The molecule has 88 valence electrons. The molecule has 4 heteroatoms. The van der Waals surface area contributed by atoms with Crippen molar-refractivity contribution in [2.24, 2.45) is 0 Å². The minimum absolute atomic E-state index is 0.0199. The highest BCUT2D eigenvalue weighted by Crippen LogP contribution is 2.16. The predicted octanol–water partition coefficient (Wildman–Crippen LogP) is 2.10. The maximum absolute atomic E-state index is 11.7. The first-order chi connectivity index (χ1) is 7.65. The molecule has 0 aliphatic rings. The fourth-order valence-corrected chi connectivity index (χ4v) is 1.58. The van der Waals surface area contributed by atoms with E-state index in [1.165, 1.54) is 0 Å². The third-order valence-corrected chi connectivity index (χ3v) is 3.15. The molecule has 0 saturated heterocycles. The highest BCUT2D eigenvalue weighted by molar-refractivity contribution is 9.10. The monoisotopic (exact) mass is 284 g/mol. The summed E-state index contributed by atoms with van der Waals surface area (Å²) in [6.07, 6.45) is 0. The van der Waals surface area contributed by atoms with E-state index in [-0.39, 0.29) is 5.91 Å². The number of hydrogen-bond acceptors (Lipinski definition) is 2. The maximum atomic E-state index is 11.7. The molecule has 1 aromatic carbocycles. The summed E-state index contributed by atoms with van der Waals surface area (Å²) in [6, 6.07) is 5.60. The molecule has 0 spiro atoms. The average Bonchev–Trinajstić information content (AvgIpc) is 2.28. The number of benzene rings is 1.